The SMILES string of the molecule is CCCC(N)c1nc(N)c(CC)c(=O)[nH]1. The maximum Gasteiger partial charge on any atom is 0.256 e. The van der Waals surface area contributed by atoms with Gasteiger partial charge in [-0.3, -0.25) is 4.79 Å². The molecule has 0 aromatic carbocycles. The van der Waals surface area contributed by atoms with Crippen molar-refractivity contribution in [3.63, 3.8) is 0 Å². The number of nitrogens with zero attached hydrogens (tertiary/aromatic N) is 1. The Morgan fingerprint density at radius 2 is 2.13 bits per heavy atom. The van der Waals surface area contributed by atoms with Crippen molar-refractivity contribution in [1.82, 2.24) is 9.97 Å². The Morgan fingerprint density at radius 3 is 2.60 bits per heavy atom. The lowest BCUT2D eigenvalue weighted by Gasteiger charge is -2.11. The third kappa shape index (κ3) is 2.56. The predicted molar refractivity (Wildman–Crippen MR) is 60.5 cm³/mol. The molecule has 0 bridgehead atoms. The monoisotopic (exact) mass is 210 g/mol. The van der Waals surface area contributed by atoms with E-state index in [1.165, 1.54) is 0 Å². The van der Waals surface area contributed by atoms with E-state index in [2.05, 4.69) is 9.97 Å². The molecule has 1 rings (SSSR count). The van der Waals surface area contributed by atoms with Crippen molar-refractivity contribution >= 4 is 5.82 Å². The largest absolute Gasteiger partial charge is 0.383 e. The van der Waals surface area contributed by atoms with Crippen LogP contribution in [0.1, 0.15) is 44.1 Å². The second-order valence-corrected chi connectivity index (χ2v) is 3.56. The minimum Gasteiger partial charge on any atom is -0.383 e. The Bertz CT molecular complexity index is 385. The van der Waals surface area contributed by atoms with E-state index in [1.807, 2.05) is 13.8 Å². The van der Waals surface area contributed by atoms with Gasteiger partial charge in [0.1, 0.15) is 11.6 Å². The quantitative estimate of drug-likeness (QED) is 0.681. The molecule has 0 saturated carbocycles. The molecule has 15 heavy (non-hydrogen) atoms. The summed E-state index contributed by atoms with van der Waals surface area (Å²) in [5.74, 6) is 0.777. The van der Waals surface area contributed by atoms with Gasteiger partial charge in [0.05, 0.1) is 11.6 Å². The number of anilines is 1. The van der Waals surface area contributed by atoms with Crippen LogP contribution >= 0.6 is 0 Å². The van der Waals surface area contributed by atoms with E-state index in [4.69, 9.17) is 11.5 Å². The Morgan fingerprint density at radius 1 is 1.47 bits per heavy atom. The van der Waals surface area contributed by atoms with Crippen LogP contribution in [-0.4, -0.2) is 9.97 Å². The molecule has 0 aliphatic heterocycles. The summed E-state index contributed by atoms with van der Waals surface area (Å²) in [7, 11) is 0. The van der Waals surface area contributed by atoms with Crippen LogP contribution in [0.4, 0.5) is 5.82 Å². The number of nitrogen functional groups attached to an aromatic ring is 1. The standard InChI is InChI=1S/C10H18N4O/c1-3-5-7(11)9-13-8(12)6(4-2)10(15)14-9/h7H,3-5,11H2,1-2H3,(H3,12,13,14,15). The van der Waals surface area contributed by atoms with Crippen molar-refractivity contribution < 1.29 is 0 Å². The Hall–Kier alpha value is -1.36. The molecule has 84 valence electrons. The topological polar surface area (TPSA) is 97.8 Å². The lowest BCUT2D eigenvalue weighted by atomic mass is 10.1. The summed E-state index contributed by atoms with van der Waals surface area (Å²) in [6.07, 6.45) is 2.31. The summed E-state index contributed by atoms with van der Waals surface area (Å²) in [5, 5.41) is 0. The van der Waals surface area contributed by atoms with Crippen molar-refractivity contribution in [2.75, 3.05) is 5.73 Å². The molecule has 1 atom stereocenters. The van der Waals surface area contributed by atoms with Gasteiger partial charge in [-0.05, 0) is 12.8 Å². The number of hydrogen-bond donors (Lipinski definition) is 3. The highest BCUT2D eigenvalue weighted by molar-refractivity contribution is 5.37. The van der Waals surface area contributed by atoms with E-state index in [0.717, 1.165) is 12.8 Å². The molecular formula is C10H18N4O. The summed E-state index contributed by atoms with van der Waals surface area (Å²) in [6, 6.07) is -0.240. The summed E-state index contributed by atoms with van der Waals surface area (Å²) < 4.78 is 0. The van der Waals surface area contributed by atoms with Gasteiger partial charge in [0, 0.05) is 0 Å². The maximum atomic E-state index is 11.6. The molecule has 0 fully saturated rings. The van der Waals surface area contributed by atoms with Crippen LogP contribution in [-0.2, 0) is 6.42 Å². The van der Waals surface area contributed by atoms with Gasteiger partial charge in [-0.2, -0.15) is 0 Å². The van der Waals surface area contributed by atoms with Crippen LogP contribution in [0.2, 0.25) is 0 Å². The molecule has 5 nitrogen and oxygen atoms in total. The van der Waals surface area contributed by atoms with Crippen molar-refractivity contribution in [3.8, 4) is 0 Å². The molecule has 0 radical (unpaired) electrons. The third-order valence-electron chi connectivity index (χ3n) is 2.37. The number of H-pyrrole nitrogens is 1. The highest BCUT2D eigenvalue weighted by atomic mass is 16.1. The summed E-state index contributed by atoms with van der Waals surface area (Å²) >= 11 is 0. The van der Waals surface area contributed by atoms with Crippen molar-refractivity contribution in [2.24, 2.45) is 5.73 Å². The smallest absolute Gasteiger partial charge is 0.256 e. The van der Waals surface area contributed by atoms with Gasteiger partial charge in [0.2, 0.25) is 0 Å². The fourth-order valence-electron chi connectivity index (χ4n) is 1.50. The Kier molecular flexibility index (Phi) is 3.85. The first-order valence-electron chi connectivity index (χ1n) is 5.24. The highest BCUT2D eigenvalue weighted by Crippen LogP contribution is 2.12. The van der Waals surface area contributed by atoms with Crippen molar-refractivity contribution in [1.29, 1.82) is 0 Å². The van der Waals surface area contributed by atoms with Gasteiger partial charge in [-0.15, -0.1) is 0 Å². The van der Waals surface area contributed by atoms with E-state index in [1.54, 1.807) is 0 Å². The van der Waals surface area contributed by atoms with Crippen LogP contribution in [0.5, 0.6) is 0 Å². The van der Waals surface area contributed by atoms with E-state index >= 15 is 0 Å². The van der Waals surface area contributed by atoms with E-state index < -0.39 is 0 Å². The number of aromatic nitrogens is 2. The fourth-order valence-corrected chi connectivity index (χ4v) is 1.50. The first kappa shape index (κ1) is 11.7. The average molecular weight is 210 g/mol. The zero-order valence-electron chi connectivity index (χ0n) is 9.21. The van der Waals surface area contributed by atoms with E-state index in [9.17, 15) is 4.79 Å². The van der Waals surface area contributed by atoms with Gasteiger partial charge in [0.25, 0.3) is 5.56 Å². The molecule has 0 aliphatic carbocycles. The van der Waals surface area contributed by atoms with Crippen molar-refractivity contribution in [2.45, 2.75) is 39.2 Å². The minimum absolute atomic E-state index is 0.174. The number of aromatic amines is 1. The molecule has 1 heterocycles. The highest BCUT2D eigenvalue weighted by Gasteiger charge is 2.11. The second-order valence-electron chi connectivity index (χ2n) is 3.56. The van der Waals surface area contributed by atoms with Crippen LogP contribution < -0.4 is 17.0 Å². The zero-order valence-corrected chi connectivity index (χ0v) is 9.21. The molecule has 5 N–H and O–H groups in total. The molecule has 1 aromatic heterocycles. The molecule has 1 aromatic rings. The molecule has 0 saturated heterocycles. The first-order chi connectivity index (χ1) is 7.10. The molecule has 1 unspecified atom stereocenters. The molecular weight excluding hydrogens is 192 g/mol. The molecule has 5 heteroatoms. The maximum absolute atomic E-state index is 11.6. The number of nitrogens with one attached hydrogen (secondary N) is 1. The summed E-state index contributed by atoms with van der Waals surface area (Å²) in [6.45, 7) is 3.90. The van der Waals surface area contributed by atoms with Crippen molar-refractivity contribution in [3.05, 3.63) is 21.7 Å². The van der Waals surface area contributed by atoms with E-state index in [-0.39, 0.29) is 11.6 Å². The van der Waals surface area contributed by atoms with E-state index in [0.29, 0.717) is 23.6 Å². The molecule has 0 amide bonds. The van der Waals surface area contributed by atoms with Gasteiger partial charge >= 0.3 is 0 Å². The molecule has 0 spiro atoms. The van der Waals surface area contributed by atoms with Gasteiger partial charge in [0.15, 0.2) is 0 Å². The zero-order chi connectivity index (χ0) is 11.4. The van der Waals surface area contributed by atoms with Crippen LogP contribution in [0, 0.1) is 0 Å². The Labute approximate surface area is 88.9 Å². The minimum atomic E-state index is -0.240. The van der Waals surface area contributed by atoms with Crippen LogP contribution in [0.25, 0.3) is 0 Å². The Balaban J connectivity index is 3.08. The average Bonchev–Trinajstić information content (AvgIpc) is 2.17. The summed E-state index contributed by atoms with van der Waals surface area (Å²) in [4.78, 5) is 18.4. The first-order valence-corrected chi connectivity index (χ1v) is 5.24. The van der Waals surface area contributed by atoms with Gasteiger partial charge in [-0.25, -0.2) is 4.98 Å². The fraction of sp³-hybridized carbons (Fsp3) is 0.600. The lowest BCUT2D eigenvalue weighted by molar-refractivity contribution is 0.599. The molecule has 0 aliphatic rings. The normalized spacial score (nSPS) is 12.7. The lowest BCUT2D eigenvalue weighted by Crippen LogP contribution is -2.23. The number of nitrogens with two attached hydrogens (primary N) is 2. The number of rotatable bonds is 4. The predicted octanol–water partition coefficient (Wildman–Crippen LogP) is 0.714. The van der Waals surface area contributed by atoms with Crippen LogP contribution in [0.15, 0.2) is 4.79 Å². The summed E-state index contributed by atoms with van der Waals surface area (Å²) in [5.41, 5.74) is 11.9. The second kappa shape index (κ2) is 4.93. The van der Waals surface area contributed by atoms with Crippen LogP contribution in [0.3, 0.4) is 0 Å². The number of hydrogen-bond acceptors (Lipinski definition) is 4. The van der Waals surface area contributed by atoms with Gasteiger partial charge < -0.3 is 16.5 Å². The third-order valence-corrected chi connectivity index (χ3v) is 2.37. The van der Waals surface area contributed by atoms with Gasteiger partial charge in [-0.1, -0.05) is 20.3 Å².